The Morgan fingerprint density at radius 1 is 0.872 bits per heavy atom. The Bertz CT molecular complexity index is 1580. The van der Waals surface area contributed by atoms with E-state index in [0.29, 0.717) is 23.5 Å². The number of benzene rings is 4. The third kappa shape index (κ3) is 6.30. The van der Waals surface area contributed by atoms with Gasteiger partial charge in [0, 0.05) is 23.5 Å². The van der Waals surface area contributed by atoms with E-state index >= 15 is 0 Å². The van der Waals surface area contributed by atoms with E-state index in [4.69, 9.17) is 0 Å². The first-order valence-corrected chi connectivity index (χ1v) is 14.6. The van der Waals surface area contributed by atoms with E-state index in [1.807, 2.05) is 47.4 Å². The van der Waals surface area contributed by atoms with Gasteiger partial charge in [0.05, 0.1) is 10.6 Å². The molecule has 0 bridgehead atoms. The monoisotopic (exact) mass is 561 g/mol. The van der Waals surface area contributed by atoms with Crippen molar-refractivity contribution < 1.29 is 22.4 Å². The second-order valence-electron chi connectivity index (χ2n) is 8.88. The fourth-order valence-corrected chi connectivity index (χ4v) is 6.38. The summed E-state index contributed by atoms with van der Waals surface area (Å²) in [5.74, 6) is -0.331. The van der Waals surface area contributed by atoms with Gasteiger partial charge in [-0.25, -0.2) is 12.8 Å². The van der Waals surface area contributed by atoms with Crippen LogP contribution in [0, 0.1) is 5.82 Å². The SMILES string of the molecule is O=C(Nc1ccc(S(=O)(=O)Nc2ccc(F)cc2)cc1)c1ccc([C@@H]2SCC(=O)N2Cc2ccccc2)cc1. The number of nitrogens with one attached hydrogen (secondary N) is 2. The van der Waals surface area contributed by atoms with Crippen molar-refractivity contribution >= 4 is 45.0 Å². The molecular weight excluding hydrogens is 537 g/mol. The normalized spacial score (nSPS) is 15.3. The predicted octanol–water partition coefficient (Wildman–Crippen LogP) is 5.65. The molecule has 0 aromatic heterocycles. The Morgan fingerprint density at radius 2 is 1.51 bits per heavy atom. The molecule has 4 aromatic carbocycles. The summed E-state index contributed by atoms with van der Waals surface area (Å²) in [7, 11) is -3.88. The predicted molar refractivity (Wildman–Crippen MR) is 150 cm³/mol. The number of amides is 2. The van der Waals surface area contributed by atoms with Crippen molar-refractivity contribution in [3.05, 3.63) is 126 Å². The van der Waals surface area contributed by atoms with Gasteiger partial charge in [-0.05, 0) is 71.8 Å². The Hall–Kier alpha value is -4.15. The van der Waals surface area contributed by atoms with Crippen molar-refractivity contribution in [2.75, 3.05) is 15.8 Å². The van der Waals surface area contributed by atoms with Crippen molar-refractivity contribution in [1.29, 1.82) is 0 Å². The maximum Gasteiger partial charge on any atom is 0.261 e. The Kier molecular flexibility index (Phi) is 7.67. The number of rotatable bonds is 8. The maximum atomic E-state index is 13.1. The lowest BCUT2D eigenvalue weighted by atomic mass is 10.1. The van der Waals surface area contributed by atoms with Crippen LogP contribution in [0.3, 0.4) is 0 Å². The van der Waals surface area contributed by atoms with Gasteiger partial charge in [0.2, 0.25) is 5.91 Å². The van der Waals surface area contributed by atoms with Crippen molar-refractivity contribution in [1.82, 2.24) is 4.90 Å². The lowest BCUT2D eigenvalue weighted by Gasteiger charge is -2.24. The highest BCUT2D eigenvalue weighted by Crippen LogP contribution is 2.39. The lowest BCUT2D eigenvalue weighted by molar-refractivity contribution is -0.128. The second kappa shape index (κ2) is 11.3. The molecule has 1 saturated heterocycles. The molecule has 2 amide bonds. The van der Waals surface area contributed by atoms with Crippen LogP contribution in [0.4, 0.5) is 15.8 Å². The average Bonchev–Trinajstić information content (AvgIpc) is 3.30. The van der Waals surface area contributed by atoms with Crippen molar-refractivity contribution in [2.45, 2.75) is 16.8 Å². The molecule has 4 aromatic rings. The van der Waals surface area contributed by atoms with Gasteiger partial charge >= 0.3 is 0 Å². The van der Waals surface area contributed by atoms with Gasteiger partial charge < -0.3 is 10.2 Å². The summed E-state index contributed by atoms with van der Waals surface area (Å²) in [5.41, 5.74) is 3.08. The standard InChI is InChI=1S/C29H24FN3O4S2/c30-23-10-12-25(13-11-23)32-39(36,37)26-16-14-24(15-17-26)31-28(35)21-6-8-22(9-7-21)29-33(27(34)19-38-29)18-20-4-2-1-3-5-20/h1-17,29,32H,18-19H2,(H,31,35)/t29-/m0/s1. The highest BCUT2D eigenvalue weighted by Gasteiger charge is 2.32. The van der Waals surface area contributed by atoms with Crippen LogP contribution >= 0.6 is 11.8 Å². The second-order valence-corrected chi connectivity index (χ2v) is 11.6. The average molecular weight is 562 g/mol. The van der Waals surface area contributed by atoms with Gasteiger partial charge in [0.15, 0.2) is 0 Å². The molecule has 1 atom stereocenters. The summed E-state index contributed by atoms with van der Waals surface area (Å²) in [6.45, 7) is 0.519. The quantitative estimate of drug-likeness (QED) is 0.290. The first kappa shape index (κ1) is 26.5. The molecule has 5 rings (SSSR count). The number of thioether (sulfide) groups is 1. The van der Waals surface area contributed by atoms with E-state index in [2.05, 4.69) is 10.0 Å². The van der Waals surface area contributed by atoms with Gasteiger partial charge in [-0.15, -0.1) is 11.8 Å². The topological polar surface area (TPSA) is 95.6 Å². The minimum atomic E-state index is -3.88. The molecule has 0 aliphatic carbocycles. The van der Waals surface area contributed by atoms with Crippen LogP contribution in [0.2, 0.25) is 0 Å². The Labute approximate surface area is 230 Å². The first-order chi connectivity index (χ1) is 18.8. The Morgan fingerprint density at radius 3 is 2.18 bits per heavy atom. The van der Waals surface area contributed by atoms with Crippen LogP contribution in [0.1, 0.15) is 26.9 Å². The number of carbonyl (C=O) groups excluding carboxylic acids is 2. The van der Waals surface area contributed by atoms with Gasteiger partial charge in [0.1, 0.15) is 11.2 Å². The minimum absolute atomic E-state index is 0.00200. The van der Waals surface area contributed by atoms with Crippen LogP contribution in [0.25, 0.3) is 0 Å². The highest BCUT2D eigenvalue weighted by molar-refractivity contribution is 8.00. The van der Waals surface area contributed by atoms with Crippen LogP contribution in [0.5, 0.6) is 0 Å². The highest BCUT2D eigenvalue weighted by atomic mass is 32.2. The number of hydrogen-bond donors (Lipinski definition) is 2. The molecule has 0 saturated carbocycles. The fraction of sp³-hybridized carbons (Fsp3) is 0.103. The van der Waals surface area contributed by atoms with Gasteiger partial charge in [0.25, 0.3) is 15.9 Å². The first-order valence-electron chi connectivity index (χ1n) is 12.0. The minimum Gasteiger partial charge on any atom is -0.322 e. The van der Waals surface area contributed by atoms with Crippen molar-refractivity contribution in [2.24, 2.45) is 0 Å². The van der Waals surface area contributed by atoms with E-state index < -0.39 is 15.8 Å². The Balaban J connectivity index is 1.22. The number of anilines is 2. The van der Waals surface area contributed by atoms with Crippen LogP contribution in [-0.4, -0.2) is 30.9 Å². The molecule has 1 aliphatic heterocycles. The summed E-state index contributed by atoms with van der Waals surface area (Å²) < 4.78 is 40.7. The molecule has 1 heterocycles. The van der Waals surface area contributed by atoms with Gasteiger partial charge in [-0.1, -0.05) is 42.5 Å². The van der Waals surface area contributed by atoms with E-state index in [0.717, 1.165) is 23.3 Å². The number of halogens is 1. The summed E-state index contributed by atoms with van der Waals surface area (Å²) in [6, 6.07) is 27.7. The maximum absolute atomic E-state index is 13.1. The van der Waals surface area contributed by atoms with E-state index in [1.54, 1.807) is 23.9 Å². The molecule has 10 heteroatoms. The van der Waals surface area contributed by atoms with E-state index in [1.165, 1.54) is 36.4 Å². The zero-order valence-electron chi connectivity index (χ0n) is 20.6. The number of carbonyl (C=O) groups is 2. The molecule has 39 heavy (non-hydrogen) atoms. The smallest absolute Gasteiger partial charge is 0.261 e. The number of sulfonamides is 1. The van der Waals surface area contributed by atoms with Crippen molar-refractivity contribution in [3.8, 4) is 0 Å². The summed E-state index contributed by atoms with van der Waals surface area (Å²) in [5, 5.41) is 2.63. The fourth-order valence-electron chi connectivity index (χ4n) is 4.13. The number of nitrogens with zero attached hydrogens (tertiary/aromatic N) is 1. The molecule has 0 spiro atoms. The zero-order chi connectivity index (χ0) is 27.4. The van der Waals surface area contributed by atoms with Crippen LogP contribution in [-0.2, 0) is 21.4 Å². The molecule has 7 nitrogen and oxygen atoms in total. The summed E-state index contributed by atoms with van der Waals surface area (Å²) >= 11 is 1.56. The molecule has 2 N–H and O–H groups in total. The third-order valence-corrected chi connectivity index (χ3v) is 8.79. The lowest BCUT2D eigenvalue weighted by Crippen LogP contribution is -2.27. The number of hydrogen-bond acceptors (Lipinski definition) is 5. The van der Waals surface area contributed by atoms with E-state index in [9.17, 15) is 22.4 Å². The molecular formula is C29H24FN3O4S2. The van der Waals surface area contributed by atoms with Gasteiger partial charge in [-0.3, -0.25) is 14.3 Å². The molecule has 1 fully saturated rings. The summed E-state index contributed by atoms with van der Waals surface area (Å²) in [4.78, 5) is 27.2. The molecule has 0 unspecified atom stereocenters. The largest absolute Gasteiger partial charge is 0.322 e. The summed E-state index contributed by atoms with van der Waals surface area (Å²) in [6.07, 6.45) is 0. The molecule has 198 valence electrons. The van der Waals surface area contributed by atoms with Gasteiger partial charge in [-0.2, -0.15) is 0 Å². The van der Waals surface area contributed by atoms with Crippen LogP contribution < -0.4 is 10.0 Å². The van der Waals surface area contributed by atoms with Crippen molar-refractivity contribution in [3.63, 3.8) is 0 Å². The zero-order valence-corrected chi connectivity index (χ0v) is 22.2. The van der Waals surface area contributed by atoms with E-state index in [-0.39, 0.29) is 27.8 Å². The molecule has 0 radical (unpaired) electrons. The van der Waals surface area contributed by atoms with Crippen LogP contribution in [0.15, 0.2) is 108 Å². The third-order valence-electron chi connectivity index (χ3n) is 6.14. The molecule has 1 aliphatic rings.